The van der Waals surface area contributed by atoms with Gasteiger partial charge in [0, 0.05) is 50.7 Å². The largest absolute Gasteiger partial charge is 0.512 e. The number of carbonyl (C=O) groups is 1. The van der Waals surface area contributed by atoms with Gasteiger partial charge in [0.1, 0.15) is 0 Å². The van der Waals surface area contributed by atoms with Crippen LogP contribution in [0.15, 0.2) is 42.3 Å². The number of hydrogen-bond donors (Lipinski definition) is 2. The summed E-state index contributed by atoms with van der Waals surface area (Å²) in [6.07, 6.45) is 9.28. The number of aliphatic hydroxyl groups is 1. The lowest BCUT2D eigenvalue weighted by Crippen LogP contribution is -2.48. The molecule has 168 valence electrons. The summed E-state index contributed by atoms with van der Waals surface area (Å²) in [4.78, 5) is 25.1. The zero-order chi connectivity index (χ0) is 22.1. The quantitative estimate of drug-likeness (QED) is 0.754. The average molecular weight is 434 g/mol. The van der Waals surface area contributed by atoms with Crippen LogP contribution in [0.2, 0.25) is 0 Å². The summed E-state index contributed by atoms with van der Waals surface area (Å²) < 4.78 is 0. The van der Waals surface area contributed by atoms with E-state index in [1.54, 1.807) is 6.92 Å². The van der Waals surface area contributed by atoms with Crippen molar-refractivity contribution in [2.24, 2.45) is 5.92 Å². The van der Waals surface area contributed by atoms with Crippen LogP contribution < -0.4 is 10.2 Å². The van der Waals surface area contributed by atoms with Crippen molar-refractivity contribution in [1.82, 2.24) is 14.9 Å². The number of hydrogen-bond acceptors (Lipinski definition) is 6. The Bertz CT molecular complexity index is 1010. The fourth-order valence-corrected chi connectivity index (χ4v) is 5.31. The van der Waals surface area contributed by atoms with Crippen molar-refractivity contribution in [1.29, 1.82) is 0 Å². The van der Waals surface area contributed by atoms with Gasteiger partial charge < -0.3 is 20.2 Å². The van der Waals surface area contributed by atoms with Crippen molar-refractivity contribution in [3.63, 3.8) is 0 Å². The van der Waals surface area contributed by atoms with Crippen molar-refractivity contribution in [2.75, 3.05) is 36.4 Å². The number of anilines is 3. The first-order chi connectivity index (χ1) is 15.6. The molecule has 1 aliphatic heterocycles. The van der Waals surface area contributed by atoms with Gasteiger partial charge in [0.2, 0.25) is 11.9 Å². The highest BCUT2D eigenvalue weighted by Crippen LogP contribution is 2.43. The second-order valence-electron chi connectivity index (χ2n) is 9.12. The smallest absolute Gasteiger partial charge is 0.227 e. The number of fused-ring (bicyclic) bond motifs is 1. The van der Waals surface area contributed by atoms with Crippen LogP contribution in [0.3, 0.4) is 0 Å². The van der Waals surface area contributed by atoms with Gasteiger partial charge in [-0.3, -0.25) is 4.79 Å². The van der Waals surface area contributed by atoms with Crippen LogP contribution in [0.1, 0.15) is 49.8 Å². The molecule has 1 aromatic heterocycles. The highest BCUT2D eigenvalue weighted by molar-refractivity contribution is 5.73. The highest BCUT2D eigenvalue weighted by Gasteiger charge is 2.34. The molecule has 0 radical (unpaired) electrons. The maximum absolute atomic E-state index is 11.5. The summed E-state index contributed by atoms with van der Waals surface area (Å²) in [6, 6.07) is 8.28. The second-order valence-corrected chi connectivity index (χ2v) is 9.12. The van der Waals surface area contributed by atoms with E-state index in [1.807, 2.05) is 29.3 Å². The van der Waals surface area contributed by atoms with Gasteiger partial charge in [0.15, 0.2) is 0 Å². The predicted octanol–water partition coefficient (Wildman–Crippen LogP) is 4.16. The molecule has 1 amide bonds. The minimum absolute atomic E-state index is 0.000783. The van der Waals surface area contributed by atoms with Crippen LogP contribution in [0.4, 0.5) is 17.3 Å². The van der Waals surface area contributed by atoms with E-state index in [1.165, 1.54) is 12.8 Å². The summed E-state index contributed by atoms with van der Waals surface area (Å²) in [6.45, 7) is 4.86. The number of nitrogens with one attached hydrogen (secondary N) is 1. The van der Waals surface area contributed by atoms with E-state index in [0.717, 1.165) is 61.7 Å². The number of carbonyl (C=O) groups excluding carboxylic acids is 1. The fraction of sp³-hybridized carbons (Fsp3) is 0.480. The molecule has 1 saturated heterocycles. The molecule has 2 heterocycles. The number of aliphatic hydroxyl groups excluding tert-OH is 1. The lowest BCUT2D eigenvalue weighted by molar-refractivity contribution is -0.129. The molecule has 2 N–H and O–H groups in total. The lowest BCUT2D eigenvalue weighted by atomic mass is 9.81. The molecule has 3 aliphatic rings. The van der Waals surface area contributed by atoms with E-state index in [9.17, 15) is 9.90 Å². The van der Waals surface area contributed by atoms with Gasteiger partial charge in [-0.25, -0.2) is 9.97 Å². The van der Waals surface area contributed by atoms with E-state index in [2.05, 4.69) is 27.3 Å². The van der Waals surface area contributed by atoms with Gasteiger partial charge >= 0.3 is 0 Å². The summed E-state index contributed by atoms with van der Waals surface area (Å²) in [7, 11) is 0. The number of aromatic nitrogens is 2. The maximum Gasteiger partial charge on any atom is 0.227 e. The molecule has 2 fully saturated rings. The summed E-state index contributed by atoms with van der Waals surface area (Å²) in [5, 5.41) is 13.9. The Morgan fingerprint density at radius 3 is 2.50 bits per heavy atom. The molecule has 7 nitrogen and oxygen atoms in total. The molecule has 0 spiro atoms. The summed E-state index contributed by atoms with van der Waals surface area (Å²) >= 11 is 0. The van der Waals surface area contributed by atoms with E-state index in [0.29, 0.717) is 24.0 Å². The molecule has 2 aliphatic carbocycles. The molecule has 1 aromatic carbocycles. The normalized spacial score (nSPS) is 21.3. The SMILES string of the molecule is CC(=O)N1CCN(c2ccc(Nc3ncc4c(n3)C(C3CCCC3)C(O)=CC4)cc2)CC1. The van der Waals surface area contributed by atoms with Crippen LogP contribution in [0.25, 0.3) is 0 Å². The van der Waals surface area contributed by atoms with Gasteiger partial charge in [0.05, 0.1) is 17.4 Å². The van der Waals surface area contributed by atoms with E-state index in [-0.39, 0.29) is 11.8 Å². The molecular weight excluding hydrogens is 402 g/mol. The minimum Gasteiger partial charge on any atom is -0.512 e. The highest BCUT2D eigenvalue weighted by atomic mass is 16.3. The Morgan fingerprint density at radius 1 is 1.09 bits per heavy atom. The fourth-order valence-electron chi connectivity index (χ4n) is 5.31. The van der Waals surface area contributed by atoms with Crippen LogP contribution in [-0.2, 0) is 11.2 Å². The first-order valence-corrected chi connectivity index (χ1v) is 11.7. The van der Waals surface area contributed by atoms with Gasteiger partial charge in [-0.15, -0.1) is 0 Å². The molecule has 32 heavy (non-hydrogen) atoms. The molecule has 1 unspecified atom stereocenters. The van der Waals surface area contributed by atoms with Crippen LogP contribution in [-0.4, -0.2) is 52.1 Å². The standard InChI is InChI=1S/C25H31N5O2/c1-17(31)29-12-14-30(15-13-29)21-9-7-20(8-10-21)27-25-26-16-19-6-11-22(32)23(24(19)28-25)18-4-2-3-5-18/h7-11,16,18,23,32H,2-6,12-15H2,1H3,(H,26,27,28). The number of benzene rings is 1. The van der Waals surface area contributed by atoms with E-state index < -0.39 is 0 Å². The molecular formula is C25H31N5O2. The third kappa shape index (κ3) is 4.16. The maximum atomic E-state index is 11.5. The second kappa shape index (κ2) is 8.81. The van der Waals surface area contributed by atoms with Crippen LogP contribution in [0.5, 0.6) is 0 Å². The Balaban J connectivity index is 1.29. The van der Waals surface area contributed by atoms with Crippen molar-refractivity contribution < 1.29 is 9.90 Å². The number of nitrogens with zero attached hydrogens (tertiary/aromatic N) is 4. The van der Waals surface area contributed by atoms with Crippen molar-refractivity contribution in [2.45, 2.75) is 44.9 Å². The predicted molar refractivity (Wildman–Crippen MR) is 125 cm³/mol. The minimum atomic E-state index is 0.000783. The van der Waals surface area contributed by atoms with Crippen LogP contribution in [0, 0.1) is 5.92 Å². The lowest BCUT2D eigenvalue weighted by Gasteiger charge is -2.35. The first kappa shape index (κ1) is 20.8. The zero-order valence-electron chi connectivity index (χ0n) is 18.6. The molecule has 7 heteroatoms. The van der Waals surface area contributed by atoms with Gasteiger partial charge in [-0.1, -0.05) is 12.8 Å². The Hall–Kier alpha value is -3.09. The number of piperazine rings is 1. The van der Waals surface area contributed by atoms with E-state index >= 15 is 0 Å². The van der Waals surface area contributed by atoms with E-state index in [4.69, 9.17) is 4.98 Å². The molecule has 1 atom stereocenters. The Kier molecular flexibility index (Phi) is 5.72. The average Bonchev–Trinajstić information content (AvgIpc) is 3.34. The molecule has 5 rings (SSSR count). The number of amides is 1. The van der Waals surface area contributed by atoms with Gasteiger partial charge in [-0.05, 0) is 61.1 Å². The topological polar surface area (TPSA) is 81.6 Å². The Morgan fingerprint density at radius 2 is 1.81 bits per heavy atom. The van der Waals surface area contributed by atoms with Crippen molar-refractivity contribution in [3.8, 4) is 0 Å². The number of allylic oxidation sites excluding steroid dienone is 2. The molecule has 1 saturated carbocycles. The zero-order valence-corrected chi connectivity index (χ0v) is 18.6. The summed E-state index contributed by atoms with van der Waals surface area (Å²) in [5.41, 5.74) is 4.19. The monoisotopic (exact) mass is 433 g/mol. The molecule has 2 aromatic rings. The van der Waals surface area contributed by atoms with Gasteiger partial charge in [-0.2, -0.15) is 0 Å². The van der Waals surface area contributed by atoms with Gasteiger partial charge in [0.25, 0.3) is 0 Å². The number of rotatable bonds is 4. The first-order valence-electron chi connectivity index (χ1n) is 11.7. The van der Waals surface area contributed by atoms with Crippen LogP contribution >= 0.6 is 0 Å². The third-order valence-electron chi connectivity index (χ3n) is 7.13. The Labute approximate surface area is 189 Å². The summed E-state index contributed by atoms with van der Waals surface area (Å²) in [5.74, 6) is 1.66. The van der Waals surface area contributed by atoms with Crippen molar-refractivity contribution >= 4 is 23.2 Å². The molecule has 0 bridgehead atoms. The van der Waals surface area contributed by atoms with Crippen molar-refractivity contribution in [3.05, 3.63) is 53.6 Å². The third-order valence-corrected chi connectivity index (χ3v) is 7.13.